The molecule has 2 heterocycles. The molecule has 21 heavy (non-hydrogen) atoms. The van der Waals surface area contributed by atoms with Gasteiger partial charge in [-0.15, -0.1) is 10.2 Å². The van der Waals surface area contributed by atoms with Crippen molar-refractivity contribution in [2.45, 2.75) is 37.0 Å². The minimum atomic E-state index is -2.76. The highest BCUT2D eigenvalue weighted by Gasteiger charge is 2.28. The van der Waals surface area contributed by atoms with Crippen LogP contribution in [-0.4, -0.2) is 29.5 Å². The summed E-state index contributed by atoms with van der Waals surface area (Å²) in [6.45, 7) is 3.72. The van der Waals surface area contributed by atoms with Gasteiger partial charge in [0.15, 0.2) is 10.2 Å². The molecule has 0 radical (unpaired) electrons. The van der Waals surface area contributed by atoms with Crippen LogP contribution in [0.1, 0.15) is 24.9 Å². The number of aryl methyl sites for hydroxylation is 2. The average molecular weight is 318 g/mol. The van der Waals surface area contributed by atoms with E-state index in [4.69, 9.17) is 0 Å². The summed E-state index contributed by atoms with van der Waals surface area (Å²) in [7, 11) is 1.38. The monoisotopic (exact) mass is 318 g/mol. The average Bonchev–Trinajstić information content (AvgIpc) is 2.91. The van der Waals surface area contributed by atoms with Crippen molar-refractivity contribution in [1.29, 1.82) is 0 Å². The molecule has 0 N–H and O–H groups in total. The lowest BCUT2D eigenvalue weighted by Gasteiger charge is -2.04. The second-order valence-corrected chi connectivity index (χ2v) is 5.07. The summed E-state index contributed by atoms with van der Waals surface area (Å²) in [5.41, 5.74) is 0.115. The molecule has 0 aromatic carbocycles. The summed E-state index contributed by atoms with van der Waals surface area (Å²) < 4.78 is 27.9. The number of rotatable bonds is 5. The third kappa shape index (κ3) is 2.73. The summed E-state index contributed by atoms with van der Waals surface area (Å²) in [4.78, 5) is 10.6. The molecule has 0 saturated heterocycles. The zero-order valence-corrected chi connectivity index (χ0v) is 12.3. The number of alkyl halides is 2. The summed E-state index contributed by atoms with van der Waals surface area (Å²) >= 11 is 0.894. The van der Waals surface area contributed by atoms with Crippen LogP contribution in [0.15, 0.2) is 10.2 Å². The van der Waals surface area contributed by atoms with E-state index in [1.54, 1.807) is 6.92 Å². The fourth-order valence-electron chi connectivity index (χ4n) is 1.77. The van der Waals surface area contributed by atoms with E-state index in [-0.39, 0.29) is 21.6 Å². The maximum Gasteiger partial charge on any atom is 0.324 e. The van der Waals surface area contributed by atoms with E-state index in [0.717, 1.165) is 16.3 Å². The van der Waals surface area contributed by atoms with Crippen molar-refractivity contribution in [2.75, 3.05) is 0 Å². The van der Waals surface area contributed by atoms with Gasteiger partial charge < -0.3 is 4.57 Å². The van der Waals surface area contributed by atoms with Crippen LogP contribution < -0.4 is 0 Å². The SMILES string of the molecule is CCn1nc(C)c([N+](=O)[O-])c1Sc1nnc(C(F)F)n1C. The Kier molecular flexibility index (Phi) is 4.21. The minimum Gasteiger partial charge on any atom is -0.304 e. The molecule has 8 nitrogen and oxygen atoms in total. The predicted molar refractivity (Wildman–Crippen MR) is 69.4 cm³/mol. The largest absolute Gasteiger partial charge is 0.324 e. The van der Waals surface area contributed by atoms with E-state index in [9.17, 15) is 18.9 Å². The van der Waals surface area contributed by atoms with Crippen molar-refractivity contribution in [3.63, 3.8) is 0 Å². The van der Waals surface area contributed by atoms with Gasteiger partial charge in [-0.05, 0) is 25.6 Å². The van der Waals surface area contributed by atoms with Crippen LogP contribution in [0.2, 0.25) is 0 Å². The molecule has 11 heteroatoms. The van der Waals surface area contributed by atoms with Crippen LogP contribution in [0.3, 0.4) is 0 Å². The molecule has 114 valence electrons. The first-order chi connectivity index (χ1) is 9.86. The molecule has 0 aliphatic carbocycles. The van der Waals surface area contributed by atoms with Gasteiger partial charge in [-0.25, -0.2) is 8.78 Å². The molecule has 0 fully saturated rings. The van der Waals surface area contributed by atoms with Crippen molar-refractivity contribution < 1.29 is 13.7 Å². The lowest BCUT2D eigenvalue weighted by atomic mass is 10.4. The van der Waals surface area contributed by atoms with Gasteiger partial charge in [0.25, 0.3) is 6.43 Å². The minimum absolute atomic E-state index is 0.142. The maximum absolute atomic E-state index is 12.7. The number of halogens is 2. The first-order valence-electron chi connectivity index (χ1n) is 5.93. The van der Waals surface area contributed by atoms with Crippen molar-refractivity contribution in [2.24, 2.45) is 7.05 Å². The standard InChI is InChI=1S/C10H12F2N6O2S/c1-4-17-9(6(18(19)20)5(2)15-17)21-10-14-13-8(7(11)12)16(10)3/h7H,4H2,1-3H3. The van der Waals surface area contributed by atoms with Gasteiger partial charge >= 0.3 is 5.69 Å². The summed E-state index contributed by atoms with van der Waals surface area (Å²) in [6, 6.07) is 0. The third-order valence-electron chi connectivity index (χ3n) is 2.78. The van der Waals surface area contributed by atoms with Crippen LogP contribution in [0.25, 0.3) is 0 Å². The van der Waals surface area contributed by atoms with E-state index in [1.165, 1.54) is 18.7 Å². The number of nitro groups is 1. The maximum atomic E-state index is 12.7. The van der Waals surface area contributed by atoms with Crippen LogP contribution in [0.4, 0.5) is 14.5 Å². The van der Waals surface area contributed by atoms with Crippen LogP contribution in [-0.2, 0) is 13.6 Å². The first-order valence-corrected chi connectivity index (χ1v) is 6.75. The van der Waals surface area contributed by atoms with E-state index >= 15 is 0 Å². The van der Waals surface area contributed by atoms with Crippen molar-refractivity contribution in [3.8, 4) is 0 Å². The van der Waals surface area contributed by atoms with E-state index in [1.807, 2.05) is 0 Å². The fourth-order valence-corrected chi connectivity index (χ4v) is 2.85. The Morgan fingerprint density at radius 1 is 1.43 bits per heavy atom. The molecule has 0 spiro atoms. The highest BCUT2D eigenvalue weighted by molar-refractivity contribution is 7.99. The van der Waals surface area contributed by atoms with Gasteiger partial charge in [0.1, 0.15) is 5.69 Å². The molecule has 0 aliphatic rings. The highest BCUT2D eigenvalue weighted by Crippen LogP contribution is 2.36. The van der Waals surface area contributed by atoms with Crippen LogP contribution >= 0.6 is 11.8 Å². The molecule has 0 saturated carbocycles. The fraction of sp³-hybridized carbons (Fsp3) is 0.500. The Hall–Kier alpha value is -2.04. The predicted octanol–water partition coefficient (Wildman–Crippen LogP) is 2.34. The summed E-state index contributed by atoms with van der Waals surface area (Å²) in [5.74, 6) is -0.487. The van der Waals surface area contributed by atoms with E-state index in [0.29, 0.717) is 6.54 Å². The molecule has 0 bridgehead atoms. The van der Waals surface area contributed by atoms with Gasteiger partial charge in [-0.3, -0.25) is 14.8 Å². The summed E-state index contributed by atoms with van der Waals surface area (Å²) in [5, 5.41) is 22.6. The Morgan fingerprint density at radius 3 is 2.57 bits per heavy atom. The lowest BCUT2D eigenvalue weighted by Crippen LogP contribution is -2.02. The zero-order valence-electron chi connectivity index (χ0n) is 11.4. The lowest BCUT2D eigenvalue weighted by molar-refractivity contribution is -0.388. The molecule has 0 aliphatic heterocycles. The first kappa shape index (κ1) is 15.4. The van der Waals surface area contributed by atoms with E-state index < -0.39 is 17.2 Å². The Labute approximate surface area is 122 Å². The number of hydrogen-bond acceptors (Lipinski definition) is 6. The topological polar surface area (TPSA) is 91.7 Å². The highest BCUT2D eigenvalue weighted by atomic mass is 32.2. The van der Waals surface area contributed by atoms with Gasteiger partial charge in [0, 0.05) is 13.6 Å². The van der Waals surface area contributed by atoms with Gasteiger partial charge in [-0.1, -0.05) is 0 Å². The van der Waals surface area contributed by atoms with Crippen molar-refractivity contribution in [3.05, 3.63) is 21.6 Å². The van der Waals surface area contributed by atoms with Gasteiger partial charge in [-0.2, -0.15) is 5.10 Å². The molecule has 0 amide bonds. The second-order valence-electron chi connectivity index (χ2n) is 4.11. The Balaban J connectivity index is 2.46. The molecule has 0 unspecified atom stereocenters. The smallest absolute Gasteiger partial charge is 0.304 e. The van der Waals surface area contributed by atoms with Crippen LogP contribution in [0, 0.1) is 17.0 Å². The quantitative estimate of drug-likeness (QED) is 0.620. The van der Waals surface area contributed by atoms with Gasteiger partial charge in [0.2, 0.25) is 5.82 Å². The van der Waals surface area contributed by atoms with Crippen LogP contribution in [0.5, 0.6) is 0 Å². The molecule has 2 aromatic heterocycles. The number of hydrogen-bond donors (Lipinski definition) is 0. The number of aromatic nitrogens is 5. The number of nitrogens with zero attached hydrogens (tertiary/aromatic N) is 6. The van der Waals surface area contributed by atoms with Gasteiger partial charge in [0.05, 0.1) is 4.92 Å². The molecular weight excluding hydrogens is 306 g/mol. The Bertz CT molecular complexity index is 683. The molecule has 0 atom stereocenters. The molecule has 2 rings (SSSR count). The zero-order chi connectivity index (χ0) is 15.7. The second kappa shape index (κ2) is 5.76. The Morgan fingerprint density at radius 2 is 2.10 bits per heavy atom. The molecule has 2 aromatic rings. The van der Waals surface area contributed by atoms with Crippen molar-refractivity contribution >= 4 is 17.4 Å². The van der Waals surface area contributed by atoms with E-state index in [2.05, 4.69) is 15.3 Å². The normalized spacial score (nSPS) is 11.3. The summed E-state index contributed by atoms with van der Waals surface area (Å²) in [6.07, 6.45) is -2.76. The molecular formula is C10H12F2N6O2S. The van der Waals surface area contributed by atoms with Crippen molar-refractivity contribution in [1.82, 2.24) is 24.5 Å². The third-order valence-corrected chi connectivity index (χ3v) is 3.92.